The summed E-state index contributed by atoms with van der Waals surface area (Å²) < 4.78 is 11.2. The normalized spacial score (nSPS) is 21.6. The third-order valence-corrected chi connectivity index (χ3v) is 4.45. The topological polar surface area (TPSA) is 38.7 Å². The van der Waals surface area contributed by atoms with Gasteiger partial charge in [0.05, 0.1) is 13.2 Å². The van der Waals surface area contributed by atoms with Crippen molar-refractivity contribution in [2.75, 3.05) is 7.11 Å². The molecule has 1 unspecified atom stereocenters. The van der Waals surface area contributed by atoms with Gasteiger partial charge in [0.2, 0.25) is 0 Å². The Morgan fingerprint density at radius 2 is 2.16 bits per heavy atom. The molecule has 0 saturated carbocycles. The third-order valence-electron chi connectivity index (χ3n) is 3.36. The van der Waals surface area contributed by atoms with Crippen LogP contribution < -0.4 is 9.47 Å². The summed E-state index contributed by atoms with van der Waals surface area (Å²) in [5, 5.41) is 10.3. The molecule has 1 aromatic heterocycles. The van der Waals surface area contributed by atoms with Gasteiger partial charge >= 0.3 is 0 Å². The van der Waals surface area contributed by atoms with Gasteiger partial charge in [-0.05, 0) is 37.3 Å². The number of aryl methyl sites for hydroxylation is 1. The standard InChI is InChI=1S/C15H16O3S/c1-9-3-6-15(19-9)14-8-12(16)11-7-10(17-2)4-5-13(11)18-14/h3-7,12,14,16H,8H2,1-2H3/t12-,14?/m0/s1. The molecule has 0 saturated heterocycles. The van der Waals surface area contributed by atoms with Crippen LogP contribution in [0.1, 0.15) is 33.9 Å². The largest absolute Gasteiger partial charge is 0.497 e. The predicted octanol–water partition coefficient (Wildman–Crippen LogP) is 3.62. The first-order valence-electron chi connectivity index (χ1n) is 6.26. The fourth-order valence-corrected chi connectivity index (χ4v) is 3.27. The lowest BCUT2D eigenvalue weighted by molar-refractivity contribution is 0.0671. The average molecular weight is 276 g/mol. The van der Waals surface area contributed by atoms with Gasteiger partial charge in [-0.2, -0.15) is 0 Å². The Morgan fingerprint density at radius 1 is 1.32 bits per heavy atom. The number of aliphatic hydroxyl groups excluding tert-OH is 1. The van der Waals surface area contributed by atoms with Crippen molar-refractivity contribution in [1.29, 1.82) is 0 Å². The maximum absolute atomic E-state index is 10.3. The van der Waals surface area contributed by atoms with Crippen LogP contribution in [0.4, 0.5) is 0 Å². The number of hydrogen-bond donors (Lipinski definition) is 1. The minimum absolute atomic E-state index is 0.0606. The smallest absolute Gasteiger partial charge is 0.136 e. The molecule has 0 amide bonds. The Morgan fingerprint density at radius 3 is 2.84 bits per heavy atom. The van der Waals surface area contributed by atoms with Crippen LogP contribution in [0.5, 0.6) is 11.5 Å². The molecule has 3 nitrogen and oxygen atoms in total. The number of fused-ring (bicyclic) bond motifs is 1. The van der Waals surface area contributed by atoms with E-state index in [1.54, 1.807) is 18.4 Å². The molecule has 19 heavy (non-hydrogen) atoms. The van der Waals surface area contributed by atoms with Gasteiger partial charge in [-0.1, -0.05) is 0 Å². The van der Waals surface area contributed by atoms with Gasteiger partial charge in [0.25, 0.3) is 0 Å². The van der Waals surface area contributed by atoms with E-state index in [0.29, 0.717) is 6.42 Å². The van der Waals surface area contributed by atoms with Gasteiger partial charge in [0, 0.05) is 21.7 Å². The molecule has 2 aromatic rings. The highest BCUT2D eigenvalue weighted by atomic mass is 32.1. The van der Waals surface area contributed by atoms with Gasteiger partial charge in [0.1, 0.15) is 17.6 Å². The Hall–Kier alpha value is -1.52. The van der Waals surface area contributed by atoms with Crippen LogP contribution in [0.2, 0.25) is 0 Å². The van der Waals surface area contributed by atoms with Crippen molar-refractivity contribution in [1.82, 2.24) is 0 Å². The number of thiophene rings is 1. The van der Waals surface area contributed by atoms with E-state index in [2.05, 4.69) is 19.1 Å². The summed E-state index contributed by atoms with van der Waals surface area (Å²) in [6, 6.07) is 9.72. The minimum Gasteiger partial charge on any atom is -0.497 e. The monoisotopic (exact) mass is 276 g/mol. The molecule has 1 aromatic carbocycles. The van der Waals surface area contributed by atoms with E-state index < -0.39 is 6.10 Å². The second kappa shape index (κ2) is 4.87. The summed E-state index contributed by atoms with van der Waals surface area (Å²) in [6.45, 7) is 2.08. The number of rotatable bonds is 2. The molecule has 2 heterocycles. The Kier molecular flexibility index (Phi) is 3.21. The fraction of sp³-hybridized carbons (Fsp3) is 0.333. The lowest BCUT2D eigenvalue weighted by Gasteiger charge is -2.29. The second-order valence-corrected chi connectivity index (χ2v) is 6.03. The first-order chi connectivity index (χ1) is 9.17. The van der Waals surface area contributed by atoms with E-state index in [9.17, 15) is 5.11 Å². The van der Waals surface area contributed by atoms with Gasteiger partial charge in [-0.15, -0.1) is 11.3 Å². The molecule has 2 atom stereocenters. The van der Waals surface area contributed by atoms with Gasteiger partial charge in [-0.25, -0.2) is 0 Å². The maximum atomic E-state index is 10.3. The molecule has 0 bridgehead atoms. The molecule has 0 radical (unpaired) electrons. The number of methoxy groups -OCH3 is 1. The van der Waals surface area contributed by atoms with Crippen LogP contribution in [0.3, 0.4) is 0 Å². The van der Waals surface area contributed by atoms with Crippen molar-refractivity contribution in [3.8, 4) is 11.5 Å². The molecule has 0 aliphatic carbocycles. The number of aliphatic hydroxyl groups is 1. The second-order valence-electron chi connectivity index (χ2n) is 4.71. The first kappa shape index (κ1) is 12.5. The zero-order valence-corrected chi connectivity index (χ0v) is 11.7. The molecule has 0 fully saturated rings. The van der Waals surface area contributed by atoms with Crippen molar-refractivity contribution >= 4 is 11.3 Å². The molecule has 3 rings (SSSR count). The van der Waals surface area contributed by atoms with Crippen LogP contribution in [0, 0.1) is 6.92 Å². The van der Waals surface area contributed by atoms with Crippen molar-refractivity contribution in [2.24, 2.45) is 0 Å². The maximum Gasteiger partial charge on any atom is 0.136 e. The van der Waals surface area contributed by atoms with Crippen molar-refractivity contribution in [3.05, 3.63) is 45.6 Å². The highest BCUT2D eigenvalue weighted by Gasteiger charge is 2.29. The molecule has 1 N–H and O–H groups in total. The van der Waals surface area contributed by atoms with Crippen LogP contribution >= 0.6 is 11.3 Å². The van der Waals surface area contributed by atoms with E-state index in [-0.39, 0.29) is 6.10 Å². The van der Waals surface area contributed by atoms with E-state index in [1.807, 2.05) is 18.2 Å². The Bertz CT molecular complexity index is 591. The summed E-state index contributed by atoms with van der Waals surface area (Å²) in [5.74, 6) is 1.49. The fourth-order valence-electron chi connectivity index (χ4n) is 2.35. The zero-order valence-electron chi connectivity index (χ0n) is 10.9. The zero-order chi connectivity index (χ0) is 13.4. The minimum atomic E-state index is -0.508. The number of hydrogen-bond acceptors (Lipinski definition) is 4. The molecule has 4 heteroatoms. The highest BCUT2D eigenvalue weighted by Crippen LogP contribution is 2.43. The Balaban J connectivity index is 1.92. The van der Waals surface area contributed by atoms with Gasteiger partial charge < -0.3 is 14.6 Å². The lowest BCUT2D eigenvalue weighted by atomic mass is 9.98. The van der Waals surface area contributed by atoms with Crippen molar-refractivity contribution in [2.45, 2.75) is 25.6 Å². The first-order valence-corrected chi connectivity index (χ1v) is 7.08. The van der Waals surface area contributed by atoms with E-state index in [0.717, 1.165) is 21.9 Å². The van der Waals surface area contributed by atoms with Crippen molar-refractivity contribution in [3.63, 3.8) is 0 Å². The Labute approximate surface area is 116 Å². The summed E-state index contributed by atoms with van der Waals surface area (Å²) in [7, 11) is 1.62. The summed E-state index contributed by atoms with van der Waals surface area (Å²) >= 11 is 1.72. The molecular formula is C15H16O3S. The van der Waals surface area contributed by atoms with Crippen LogP contribution in [0.15, 0.2) is 30.3 Å². The predicted molar refractivity (Wildman–Crippen MR) is 75.0 cm³/mol. The number of benzene rings is 1. The molecule has 1 aliphatic heterocycles. The average Bonchev–Trinajstić information content (AvgIpc) is 2.85. The molecular weight excluding hydrogens is 260 g/mol. The quantitative estimate of drug-likeness (QED) is 0.910. The van der Waals surface area contributed by atoms with E-state index >= 15 is 0 Å². The highest BCUT2D eigenvalue weighted by molar-refractivity contribution is 7.12. The third kappa shape index (κ3) is 2.33. The number of ether oxygens (including phenoxy) is 2. The van der Waals surface area contributed by atoms with Crippen molar-refractivity contribution < 1.29 is 14.6 Å². The van der Waals surface area contributed by atoms with Gasteiger partial charge in [0.15, 0.2) is 0 Å². The SMILES string of the molecule is COc1ccc2c(c1)[C@@H](O)CC(c1ccc(C)s1)O2. The lowest BCUT2D eigenvalue weighted by Crippen LogP contribution is -2.18. The van der Waals surface area contributed by atoms with E-state index in [4.69, 9.17) is 9.47 Å². The molecule has 100 valence electrons. The molecule has 0 spiro atoms. The van der Waals surface area contributed by atoms with Crippen LogP contribution in [0.25, 0.3) is 0 Å². The van der Waals surface area contributed by atoms with E-state index in [1.165, 1.54) is 4.88 Å². The summed E-state index contributed by atoms with van der Waals surface area (Å²) in [5.41, 5.74) is 0.809. The summed E-state index contributed by atoms with van der Waals surface area (Å²) in [4.78, 5) is 2.42. The van der Waals surface area contributed by atoms with Crippen LogP contribution in [-0.4, -0.2) is 12.2 Å². The summed E-state index contributed by atoms with van der Waals surface area (Å²) in [6.07, 6.45) is 0.0148. The van der Waals surface area contributed by atoms with Gasteiger partial charge in [-0.3, -0.25) is 0 Å². The van der Waals surface area contributed by atoms with Crippen LogP contribution in [-0.2, 0) is 0 Å². The molecule has 1 aliphatic rings.